The molecule has 0 spiro atoms. The van der Waals surface area contributed by atoms with Crippen LogP contribution >= 0.6 is 23.2 Å². The lowest BCUT2D eigenvalue weighted by Crippen LogP contribution is -1.95. The van der Waals surface area contributed by atoms with E-state index in [4.69, 9.17) is 23.2 Å². The Balaban J connectivity index is 2.54. The van der Waals surface area contributed by atoms with E-state index in [0.29, 0.717) is 10.0 Å². The van der Waals surface area contributed by atoms with E-state index >= 15 is 0 Å². The first-order valence-electron chi connectivity index (χ1n) is 4.56. The van der Waals surface area contributed by atoms with E-state index < -0.39 is 0 Å². The summed E-state index contributed by atoms with van der Waals surface area (Å²) >= 11 is 11.9. The molecule has 0 saturated carbocycles. The van der Waals surface area contributed by atoms with Gasteiger partial charge in [-0.1, -0.05) is 23.2 Å². The van der Waals surface area contributed by atoms with E-state index in [9.17, 15) is 0 Å². The van der Waals surface area contributed by atoms with Gasteiger partial charge in [0.05, 0.1) is 16.4 Å². The molecule has 78 valence electrons. The average Bonchev–Trinajstić information content (AvgIpc) is 2.46. The van der Waals surface area contributed by atoms with Crippen LogP contribution in [0.1, 0.15) is 11.3 Å². The zero-order valence-corrected chi connectivity index (χ0v) is 9.97. The highest BCUT2D eigenvalue weighted by molar-refractivity contribution is 6.35. The Morgan fingerprint density at radius 2 is 1.93 bits per heavy atom. The standard InChI is InChI=1S/C11H10Cl2N2/c1-7-6-15(14-8(7)2)11-4-3-9(12)5-10(11)13/h3-6H,1-2H3. The second-order valence-corrected chi connectivity index (χ2v) is 4.28. The van der Waals surface area contributed by atoms with Crippen molar-refractivity contribution in [3.8, 4) is 5.69 Å². The normalized spacial score (nSPS) is 10.7. The minimum atomic E-state index is 0.602. The summed E-state index contributed by atoms with van der Waals surface area (Å²) in [5.41, 5.74) is 2.99. The number of benzene rings is 1. The van der Waals surface area contributed by atoms with Crippen LogP contribution in [0.15, 0.2) is 24.4 Å². The average molecular weight is 241 g/mol. The maximum atomic E-state index is 6.08. The van der Waals surface area contributed by atoms with Gasteiger partial charge in [0, 0.05) is 11.2 Å². The largest absolute Gasteiger partial charge is 0.239 e. The lowest BCUT2D eigenvalue weighted by atomic mass is 10.3. The van der Waals surface area contributed by atoms with Gasteiger partial charge in [-0.2, -0.15) is 5.10 Å². The van der Waals surface area contributed by atoms with Gasteiger partial charge in [0.15, 0.2) is 0 Å². The SMILES string of the molecule is Cc1cn(-c2ccc(Cl)cc2Cl)nc1C. The predicted octanol–water partition coefficient (Wildman–Crippen LogP) is 3.80. The Kier molecular flexibility index (Phi) is 2.72. The number of hydrogen-bond acceptors (Lipinski definition) is 1. The second-order valence-electron chi connectivity index (χ2n) is 3.44. The summed E-state index contributed by atoms with van der Waals surface area (Å²) in [6.07, 6.45) is 1.95. The van der Waals surface area contributed by atoms with E-state index in [1.165, 1.54) is 0 Å². The number of aromatic nitrogens is 2. The van der Waals surface area contributed by atoms with Gasteiger partial charge in [-0.25, -0.2) is 4.68 Å². The van der Waals surface area contributed by atoms with Crippen molar-refractivity contribution in [3.05, 3.63) is 45.7 Å². The van der Waals surface area contributed by atoms with Crippen molar-refractivity contribution in [1.82, 2.24) is 9.78 Å². The van der Waals surface area contributed by atoms with Crippen molar-refractivity contribution in [2.24, 2.45) is 0 Å². The molecular formula is C11H10Cl2N2. The minimum absolute atomic E-state index is 0.602. The van der Waals surface area contributed by atoms with Crippen molar-refractivity contribution < 1.29 is 0 Å². The molecular weight excluding hydrogens is 231 g/mol. The van der Waals surface area contributed by atoms with E-state index in [-0.39, 0.29) is 0 Å². The molecule has 1 aromatic carbocycles. The third-order valence-corrected chi connectivity index (χ3v) is 2.84. The monoisotopic (exact) mass is 240 g/mol. The summed E-state index contributed by atoms with van der Waals surface area (Å²) in [6, 6.07) is 5.37. The molecule has 0 N–H and O–H groups in total. The molecule has 1 aromatic heterocycles. The number of aryl methyl sites for hydroxylation is 2. The molecule has 0 saturated heterocycles. The summed E-state index contributed by atoms with van der Waals surface area (Å²) in [5, 5.41) is 5.59. The fourth-order valence-corrected chi connectivity index (χ4v) is 1.83. The van der Waals surface area contributed by atoms with Gasteiger partial charge < -0.3 is 0 Å². The third-order valence-electron chi connectivity index (χ3n) is 2.30. The van der Waals surface area contributed by atoms with Gasteiger partial charge in [0.25, 0.3) is 0 Å². The topological polar surface area (TPSA) is 17.8 Å². The van der Waals surface area contributed by atoms with Crippen LogP contribution in [0.2, 0.25) is 10.0 Å². The molecule has 2 aromatic rings. The Morgan fingerprint density at radius 3 is 2.47 bits per heavy atom. The van der Waals surface area contributed by atoms with Crippen LogP contribution in [-0.2, 0) is 0 Å². The molecule has 2 nitrogen and oxygen atoms in total. The van der Waals surface area contributed by atoms with Crippen LogP contribution < -0.4 is 0 Å². The molecule has 15 heavy (non-hydrogen) atoms. The van der Waals surface area contributed by atoms with Crippen molar-refractivity contribution >= 4 is 23.2 Å². The van der Waals surface area contributed by atoms with E-state index in [2.05, 4.69) is 5.10 Å². The predicted molar refractivity (Wildman–Crippen MR) is 63.1 cm³/mol. The minimum Gasteiger partial charge on any atom is -0.239 e. The lowest BCUT2D eigenvalue weighted by Gasteiger charge is -2.03. The molecule has 0 fully saturated rings. The molecule has 1 heterocycles. The molecule has 4 heteroatoms. The number of nitrogens with zero attached hydrogens (tertiary/aromatic N) is 2. The summed E-state index contributed by atoms with van der Waals surface area (Å²) in [7, 11) is 0. The number of rotatable bonds is 1. The highest BCUT2D eigenvalue weighted by Gasteiger charge is 2.06. The van der Waals surface area contributed by atoms with Crippen LogP contribution in [0.25, 0.3) is 5.69 Å². The molecule has 0 atom stereocenters. The van der Waals surface area contributed by atoms with E-state index in [0.717, 1.165) is 16.9 Å². The van der Waals surface area contributed by atoms with Crippen LogP contribution in [0.5, 0.6) is 0 Å². The maximum Gasteiger partial charge on any atom is 0.0833 e. The quantitative estimate of drug-likeness (QED) is 0.742. The summed E-state index contributed by atoms with van der Waals surface area (Å²) in [4.78, 5) is 0. The molecule has 2 rings (SSSR count). The fourth-order valence-electron chi connectivity index (χ4n) is 1.34. The first kappa shape index (κ1) is 10.5. The van der Waals surface area contributed by atoms with Gasteiger partial charge in [-0.3, -0.25) is 0 Å². The smallest absolute Gasteiger partial charge is 0.0833 e. The Labute approximate surface area is 98.4 Å². The van der Waals surface area contributed by atoms with Gasteiger partial charge in [0.2, 0.25) is 0 Å². The van der Waals surface area contributed by atoms with Crippen LogP contribution in [0.3, 0.4) is 0 Å². The molecule has 0 aliphatic carbocycles. The maximum absolute atomic E-state index is 6.08. The van der Waals surface area contributed by atoms with Crippen molar-refractivity contribution in [2.75, 3.05) is 0 Å². The molecule has 0 unspecified atom stereocenters. The van der Waals surface area contributed by atoms with Gasteiger partial charge in [-0.05, 0) is 37.6 Å². The molecule has 0 aliphatic heterocycles. The first-order chi connectivity index (χ1) is 7.08. The summed E-state index contributed by atoms with van der Waals surface area (Å²) in [6.45, 7) is 3.98. The Hall–Kier alpha value is -0.990. The van der Waals surface area contributed by atoms with E-state index in [1.54, 1.807) is 16.8 Å². The van der Waals surface area contributed by atoms with Crippen LogP contribution in [0.4, 0.5) is 0 Å². The van der Waals surface area contributed by atoms with Crippen molar-refractivity contribution in [2.45, 2.75) is 13.8 Å². The third kappa shape index (κ3) is 2.01. The lowest BCUT2D eigenvalue weighted by molar-refractivity contribution is 0.863. The molecule has 0 amide bonds. The number of halogens is 2. The van der Waals surface area contributed by atoms with Gasteiger partial charge >= 0.3 is 0 Å². The molecule has 0 aliphatic rings. The second kappa shape index (κ2) is 3.87. The van der Waals surface area contributed by atoms with Crippen molar-refractivity contribution in [3.63, 3.8) is 0 Å². The Morgan fingerprint density at radius 1 is 1.20 bits per heavy atom. The molecule has 0 bridgehead atoms. The van der Waals surface area contributed by atoms with Crippen molar-refractivity contribution in [1.29, 1.82) is 0 Å². The highest BCUT2D eigenvalue weighted by Crippen LogP contribution is 2.24. The van der Waals surface area contributed by atoms with Gasteiger partial charge in [-0.15, -0.1) is 0 Å². The Bertz CT molecular complexity index is 484. The van der Waals surface area contributed by atoms with E-state index in [1.807, 2.05) is 26.1 Å². The van der Waals surface area contributed by atoms with Crippen LogP contribution in [-0.4, -0.2) is 9.78 Å². The highest BCUT2D eigenvalue weighted by atomic mass is 35.5. The zero-order chi connectivity index (χ0) is 11.0. The van der Waals surface area contributed by atoms with Gasteiger partial charge in [0.1, 0.15) is 0 Å². The zero-order valence-electron chi connectivity index (χ0n) is 8.46. The molecule has 0 radical (unpaired) electrons. The number of hydrogen-bond donors (Lipinski definition) is 0. The van der Waals surface area contributed by atoms with Crippen LogP contribution in [0, 0.1) is 13.8 Å². The fraction of sp³-hybridized carbons (Fsp3) is 0.182. The summed E-state index contributed by atoms with van der Waals surface area (Å²) < 4.78 is 1.77. The first-order valence-corrected chi connectivity index (χ1v) is 5.32. The summed E-state index contributed by atoms with van der Waals surface area (Å²) in [5.74, 6) is 0.